The molecule has 3 atom stereocenters. The van der Waals surface area contributed by atoms with Crippen LogP contribution >= 0.6 is 11.8 Å². The number of aliphatic carboxylic acids is 1. The SMILES string of the molecule is CC(=O)OCC1=C(C(=O)O)N2C(=O)[C@@H](NC(=O)CC(C)c3ccccc3)[C@H]2SC1. The second-order valence-electron chi connectivity index (χ2n) is 7.01. The average molecular weight is 418 g/mol. The molecular formula is C20H22N2O6S. The molecule has 29 heavy (non-hydrogen) atoms. The number of ether oxygens (including phenoxy) is 1. The van der Waals surface area contributed by atoms with Gasteiger partial charge in [0.25, 0.3) is 5.91 Å². The summed E-state index contributed by atoms with van der Waals surface area (Å²) < 4.78 is 4.90. The second-order valence-corrected chi connectivity index (χ2v) is 8.11. The molecule has 0 saturated carbocycles. The first kappa shape index (κ1) is 20.9. The Bertz CT molecular complexity index is 869. The molecule has 0 aliphatic carbocycles. The third-order valence-electron chi connectivity index (χ3n) is 4.88. The topological polar surface area (TPSA) is 113 Å². The van der Waals surface area contributed by atoms with Crippen LogP contribution in [0.3, 0.4) is 0 Å². The van der Waals surface area contributed by atoms with Gasteiger partial charge >= 0.3 is 11.9 Å². The number of hydrogen-bond donors (Lipinski definition) is 2. The van der Waals surface area contributed by atoms with Crippen LogP contribution < -0.4 is 5.32 Å². The zero-order valence-corrected chi connectivity index (χ0v) is 16.9. The lowest BCUT2D eigenvalue weighted by Gasteiger charge is -2.49. The minimum atomic E-state index is -1.26. The van der Waals surface area contributed by atoms with Gasteiger partial charge in [-0.05, 0) is 11.5 Å². The van der Waals surface area contributed by atoms with Crippen LogP contribution in [0.5, 0.6) is 0 Å². The van der Waals surface area contributed by atoms with Crippen molar-refractivity contribution in [2.45, 2.75) is 37.6 Å². The Morgan fingerprint density at radius 3 is 2.62 bits per heavy atom. The summed E-state index contributed by atoms with van der Waals surface area (Å²) in [6, 6.07) is 8.84. The van der Waals surface area contributed by atoms with Crippen molar-refractivity contribution in [2.75, 3.05) is 12.4 Å². The summed E-state index contributed by atoms with van der Waals surface area (Å²) in [5.74, 6) is -2.22. The highest BCUT2D eigenvalue weighted by Crippen LogP contribution is 2.40. The fourth-order valence-corrected chi connectivity index (χ4v) is 4.72. The average Bonchev–Trinajstić information content (AvgIpc) is 2.70. The number of carboxylic acid groups (broad SMARTS) is 1. The van der Waals surface area contributed by atoms with Crippen molar-refractivity contribution in [2.24, 2.45) is 0 Å². The molecule has 0 bridgehead atoms. The number of amides is 2. The number of fused-ring (bicyclic) bond motifs is 1. The fraction of sp³-hybridized carbons (Fsp3) is 0.400. The van der Waals surface area contributed by atoms with Crippen LogP contribution in [-0.4, -0.2) is 57.5 Å². The molecule has 3 rings (SSSR count). The standard InChI is InChI=1S/C20H22N2O6S/c1-11(13-6-4-3-5-7-13)8-15(24)21-16-18(25)22-17(20(26)27)14(9-28-12(2)23)10-29-19(16)22/h3-7,11,16,19H,8-10H2,1-2H3,(H,21,24)(H,26,27)/t11?,16-,19-/m1/s1. The predicted octanol–water partition coefficient (Wildman–Crippen LogP) is 1.48. The van der Waals surface area contributed by atoms with Crippen LogP contribution in [0.15, 0.2) is 41.6 Å². The molecule has 2 aliphatic heterocycles. The normalized spacial score (nSPS) is 21.7. The lowest BCUT2D eigenvalue weighted by Crippen LogP contribution is -2.70. The van der Waals surface area contributed by atoms with Crippen molar-refractivity contribution >= 4 is 35.5 Å². The number of nitrogens with one attached hydrogen (secondary N) is 1. The third kappa shape index (κ3) is 4.45. The van der Waals surface area contributed by atoms with E-state index in [4.69, 9.17) is 4.74 Å². The Morgan fingerprint density at radius 2 is 2.00 bits per heavy atom. The van der Waals surface area contributed by atoms with Crippen LogP contribution in [0, 0.1) is 0 Å². The van der Waals surface area contributed by atoms with Gasteiger partial charge in [-0.3, -0.25) is 19.3 Å². The van der Waals surface area contributed by atoms with Gasteiger partial charge in [0.15, 0.2) is 0 Å². The number of hydrogen-bond acceptors (Lipinski definition) is 6. The van der Waals surface area contributed by atoms with E-state index in [1.165, 1.54) is 23.6 Å². The number of thioether (sulfide) groups is 1. The summed E-state index contributed by atoms with van der Waals surface area (Å²) in [6.07, 6.45) is 0.227. The number of rotatable bonds is 7. The van der Waals surface area contributed by atoms with Gasteiger partial charge in [-0.1, -0.05) is 37.3 Å². The number of nitrogens with zero attached hydrogens (tertiary/aromatic N) is 1. The van der Waals surface area contributed by atoms with Gasteiger partial charge in [0.05, 0.1) is 0 Å². The molecule has 9 heteroatoms. The van der Waals surface area contributed by atoms with Crippen molar-refractivity contribution in [1.82, 2.24) is 10.2 Å². The fourth-order valence-electron chi connectivity index (χ4n) is 3.39. The van der Waals surface area contributed by atoms with Crippen LogP contribution in [0.25, 0.3) is 0 Å². The predicted molar refractivity (Wildman–Crippen MR) is 106 cm³/mol. The van der Waals surface area contributed by atoms with Gasteiger partial charge in [-0.2, -0.15) is 0 Å². The number of β-lactam (4-membered cyclic amide) rings is 1. The van der Waals surface area contributed by atoms with Crippen LogP contribution in [0.4, 0.5) is 0 Å². The lowest BCUT2D eigenvalue weighted by atomic mass is 9.96. The first-order chi connectivity index (χ1) is 13.8. The van der Waals surface area contributed by atoms with E-state index in [-0.39, 0.29) is 30.5 Å². The van der Waals surface area contributed by atoms with E-state index in [9.17, 15) is 24.3 Å². The van der Waals surface area contributed by atoms with Gasteiger partial charge in [0.1, 0.15) is 23.7 Å². The summed E-state index contributed by atoms with van der Waals surface area (Å²) in [6.45, 7) is 2.99. The van der Waals surface area contributed by atoms with E-state index in [1.807, 2.05) is 37.3 Å². The molecule has 154 valence electrons. The molecule has 1 fully saturated rings. The molecule has 0 radical (unpaired) electrons. The molecule has 1 unspecified atom stereocenters. The summed E-state index contributed by atoms with van der Waals surface area (Å²) in [4.78, 5) is 48.9. The zero-order valence-electron chi connectivity index (χ0n) is 16.1. The molecule has 0 aromatic heterocycles. The minimum absolute atomic E-state index is 0.00806. The van der Waals surface area contributed by atoms with Crippen molar-refractivity contribution < 1.29 is 29.0 Å². The first-order valence-electron chi connectivity index (χ1n) is 9.17. The van der Waals surface area contributed by atoms with Gasteiger partial charge in [0, 0.05) is 24.7 Å². The molecule has 2 N–H and O–H groups in total. The van der Waals surface area contributed by atoms with Crippen molar-refractivity contribution in [3.63, 3.8) is 0 Å². The lowest BCUT2D eigenvalue weighted by molar-refractivity contribution is -0.151. The highest BCUT2D eigenvalue weighted by molar-refractivity contribution is 8.00. The number of carboxylic acids is 1. The van der Waals surface area contributed by atoms with E-state index < -0.39 is 29.3 Å². The number of esters is 1. The van der Waals surface area contributed by atoms with Gasteiger partial charge in [0.2, 0.25) is 5.91 Å². The monoisotopic (exact) mass is 418 g/mol. The quantitative estimate of drug-likeness (QED) is 0.509. The number of carbonyl (C=O) groups is 4. The minimum Gasteiger partial charge on any atom is -0.477 e. The number of carbonyl (C=O) groups excluding carboxylic acids is 3. The maximum atomic E-state index is 12.6. The van der Waals surface area contributed by atoms with E-state index in [0.717, 1.165) is 5.56 Å². The Hall–Kier alpha value is -2.81. The molecule has 1 aromatic rings. The van der Waals surface area contributed by atoms with Gasteiger partial charge < -0.3 is 15.2 Å². The molecule has 2 heterocycles. The number of benzene rings is 1. The summed E-state index contributed by atoms with van der Waals surface area (Å²) in [7, 11) is 0. The van der Waals surface area contributed by atoms with E-state index >= 15 is 0 Å². The maximum Gasteiger partial charge on any atom is 0.352 e. The second kappa shape index (κ2) is 8.69. The molecule has 0 spiro atoms. The van der Waals surface area contributed by atoms with Gasteiger partial charge in [-0.15, -0.1) is 11.8 Å². The van der Waals surface area contributed by atoms with Crippen molar-refractivity contribution in [3.05, 3.63) is 47.2 Å². The van der Waals surface area contributed by atoms with Crippen LogP contribution in [0.1, 0.15) is 31.7 Å². The Morgan fingerprint density at radius 1 is 1.31 bits per heavy atom. The van der Waals surface area contributed by atoms with Crippen LogP contribution in [-0.2, 0) is 23.9 Å². The molecular weight excluding hydrogens is 396 g/mol. The molecule has 1 aromatic carbocycles. The highest BCUT2D eigenvalue weighted by atomic mass is 32.2. The van der Waals surface area contributed by atoms with E-state index in [0.29, 0.717) is 11.3 Å². The summed E-state index contributed by atoms with van der Waals surface area (Å²) in [5, 5.41) is 11.8. The molecule has 8 nitrogen and oxygen atoms in total. The molecule has 2 amide bonds. The molecule has 2 aliphatic rings. The van der Waals surface area contributed by atoms with Crippen molar-refractivity contribution in [1.29, 1.82) is 0 Å². The third-order valence-corrected chi connectivity index (χ3v) is 6.22. The Kier molecular flexibility index (Phi) is 6.26. The molecule has 1 saturated heterocycles. The van der Waals surface area contributed by atoms with E-state index in [2.05, 4.69) is 5.32 Å². The summed E-state index contributed by atoms with van der Waals surface area (Å²) >= 11 is 1.34. The largest absolute Gasteiger partial charge is 0.477 e. The van der Waals surface area contributed by atoms with E-state index in [1.54, 1.807) is 0 Å². The maximum absolute atomic E-state index is 12.6. The zero-order chi connectivity index (χ0) is 21.1. The Labute approximate surface area is 172 Å². The van der Waals surface area contributed by atoms with Crippen LogP contribution in [0.2, 0.25) is 0 Å². The highest BCUT2D eigenvalue weighted by Gasteiger charge is 2.54. The van der Waals surface area contributed by atoms with Gasteiger partial charge in [-0.25, -0.2) is 4.79 Å². The first-order valence-corrected chi connectivity index (χ1v) is 10.2. The Balaban J connectivity index is 1.65. The van der Waals surface area contributed by atoms with Crippen molar-refractivity contribution in [3.8, 4) is 0 Å². The smallest absolute Gasteiger partial charge is 0.352 e. The summed E-state index contributed by atoms with van der Waals surface area (Å²) in [5.41, 5.74) is 1.23.